The summed E-state index contributed by atoms with van der Waals surface area (Å²) >= 11 is 0. The average Bonchev–Trinajstić information content (AvgIpc) is 1.98. The summed E-state index contributed by atoms with van der Waals surface area (Å²) in [5, 5.41) is 0. The first-order chi connectivity index (χ1) is 5.07. The van der Waals surface area contributed by atoms with Crippen molar-refractivity contribution in [2.45, 2.75) is 34.1 Å². The van der Waals surface area contributed by atoms with Crippen molar-refractivity contribution in [3.8, 4) is 0 Å². The highest BCUT2D eigenvalue weighted by Crippen LogP contribution is 2.05. The number of hydrogen-bond donors (Lipinski definition) is 0. The van der Waals surface area contributed by atoms with Crippen LogP contribution < -0.4 is 0 Å². The van der Waals surface area contributed by atoms with E-state index < -0.39 is 0 Å². The lowest BCUT2D eigenvalue weighted by molar-refractivity contribution is 1.08. The van der Waals surface area contributed by atoms with Gasteiger partial charge in [0.2, 0.25) is 0 Å². The first-order valence-electron chi connectivity index (χ1n) is 3.93. The molecule has 0 heterocycles. The summed E-state index contributed by atoms with van der Waals surface area (Å²) in [5.41, 5.74) is 3.48. The second kappa shape index (κ2) is 4.89. The largest absolute Gasteiger partial charge is 0.262 e. The zero-order chi connectivity index (χ0) is 8.85. The van der Waals surface area contributed by atoms with Gasteiger partial charge in [0.05, 0.1) is 0 Å². The van der Waals surface area contributed by atoms with Crippen LogP contribution in [-0.4, -0.2) is 6.21 Å². The van der Waals surface area contributed by atoms with E-state index in [9.17, 15) is 0 Å². The standard InChI is InChI=1S/C10H17N/c1-6-9(4)10(5)7-11-8(2)3/h7H,2,6H2,1,3-5H3/b10-9+,11-7?. The van der Waals surface area contributed by atoms with Crippen molar-refractivity contribution >= 4 is 6.21 Å². The molecular formula is C10H17N. The fraction of sp³-hybridized carbons (Fsp3) is 0.500. The highest BCUT2D eigenvalue weighted by molar-refractivity contribution is 5.79. The maximum absolute atomic E-state index is 4.12. The fourth-order valence-electron chi connectivity index (χ4n) is 0.596. The fourth-order valence-corrected chi connectivity index (χ4v) is 0.596. The van der Waals surface area contributed by atoms with Gasteiger partial charge in [-0.25, -0.2) is 0 Å². The SMILES string of the molecule is C=C(C)N=C/C(C)=C(\C)CC. The molecule has 0 rings (SSSR count). The van der Waals surface area contributed by atoms with Crippen LogP contribution in [0.25, 0.3) is 0 Å². The summed E-state index contributed by atoms with van der Waals surface area (Å²) in [6.07, 6.45) is 2.97. The first kappa shape index (κ1) is 10.2. The van der Waals surface area contributed by atoms with Gasteiger partial charge in [-0.1, -0.05) is 19.1 Å². The average molecular weight is 151 g/mol. The molecular weight excluding hydrogens is 134 g/mol. The van der Waals surface area contributed by atoms with Gasteiger partial charge in [-0.15, -0.1) is 0 Å². The zero-order valence-electron chi connectivity index (χ0n) is 7.94. The molecule has 0 radical (unpaired) electrons. The van der Waals surface area contributed by atoms with Gasteiger partial charge >= 0.3 is 0 Å². The second-order valence-electron chi connectivity index (χ2n) is 2.81. The van der Waals surface area contributed by atoms with Crippen LogP contribution in [0.3, 0.4) is 0 Å². The number of rotatable bonds is 3. The monoisotopic (exact) mass is 151 g/mol. The molecule has 0 aromatic rings. The number of allylic oxidation sites excluding steroid dienone is 3. The Morgan fingerprint density at radius 2 is 1.91 bits per heavy atom. The maximum Gasteiger partial charge on any atom is 0.0301 e. The molecule has 62 valence electrons. The van der Waals surface area contributed by atoms with Crippen molar-refractivity contribution in [1.29, 1.82) is 0 Å². The van der Waals surface area contributed by atoms with Crippen molar-refractivity contribution in [3.63, 3.8) is 0 Å². The van der Waals surface area contributed by atoms with Gasteiger partial charge in [0.15, 0.2) is 0 Å². The normalized spacial score (nSPS) is 13.5. The van der Waals surface area contributed by atoms with E-state index in [0.717, 1.165) is 12.1 Å². The molecule has 0 spiro atoms. The van der Waals surface area contributed by atoms with E-state index in [-0.39, 0.29) is 0 Å². The molecule has 0 aromatic carbocycles. The Morgan fingerprint density at radius 3 is 2.27 bits per heavy atom. The summed E-state index contributed by atoms with van der Waals surface area (Å²) < 4.78 is 0. The molecule has 0 fully saturated rings. The summed E-state index contributed by atoms with van der Waals surface area (Å²) in [5.74, 6) is 0. The Kier molecular flexibility index (Phi) is 4.51. The third kappa shape index (κ3) is 4.54. The Hall–Kier alpha value is -0.850. The molecule has 1 heteroatoms. The summed E-state index contributed by atoms with van der Waals surface area (Å²) in [6, 6.07) is 0. The summed E-state index contributed by atoms with van der Waals surface area (Å²) in [6.45, 7) is 11.9. The highest BCUT2D eigenvalue weighted by Gasteiger charge is 1.89. The van der Waals surface area contributed by atoms with Gasteiger partial charge in [0, 0.05) is 11.9 Å². The molecule has 11 heavy (non-hydrogen) atoms. The van der Waals surface area contributed by atoms with Gasteiger partial charge in [0.25, 0.3) is 0 Å². The van der Waals surface area contributed by atoms with E-state index in [2.05, 4.69) is 32.3 Å². The smallest absolute Gasteiger partial charge is 0.0301 e. The minimum Gasteiger partial charge on any atom is -0.262 e. The van der Waals surface area contributed by atoms with Crippen LogP contribution in [0, 0.1) is 0 Å². The topological polar surface area (TPSA) is 12.4 Å². The Morgan fingerprint density at radius 1 is 1.36 bits per heavy atom. The predicted octanol–water partition coefficient (Wildman–Crippen LogP) is 3.34. The summed E-state index contributed by atoms with van der Waals surface area (Å²) in [7, 11) is 0. The first-order valence-corrected chi connectivity index (χ1v) is 3.93. The molecule has 0 aliphatic heterocycles. The molecule has 0 unspecified atom stereocenters. The number of aliphatic imine (C=N–C) groups is 1. The van der Waals surface area contributed by atoms with E-state index in [0.29, 0.717) is 0 Å². The quantitative estimate of drug-likeness (QED) is 0.548. The number of nitrogens with zero attached hydrogens (tertiary/aromatic N) is 1. The lowest BCUT2D eigenvalue weighted by Gasteiger charge is -1.97. The van der Waals surface area contributed by atoms with Crippen LogP contribution in [0.1, 0.15) is 34.1 Å². The van der Waals surface area contributed by atoms with E-state index in [1.165, 1.54) is 11.1 Å². The van der Waals surface area contributed by atoms with Gasteiger partial charge in [-0.3, -0.25) is 4.99 Å². The van der Waals surface area contributed by atoms with Crippen molar-refractivity contribution < 1.29 is 0 Å². The molecule has 0 atom stereocenters. The van der Waals surface area contributed by atoms with Crippen LogP contribution >= 0.6 is 0 Å². The van der Waals surface area contributed by atoms with Crippen LogP contribution in [0.2, 0.25) is 0 Å². The zero-order valence-corrected chi connectivity index (χ0v) is 7.94. The molecule has 0 amide bonds. The minimum absolute atomic E-state index is 0.855. The van der Waals surface area contributed by atoms with Gasteiger partial charge in [0.1, 0.15) is 0 Å². The van der Waals surface area contributed by atoms with Crippen LogP contribution in [0.5, 0.6) is 0 Å². The van der Waals surface area contributed by atoms with Gasteiger partial charge in [-0.2, -0.15) is 0 Å². The molecule has 0 aliphatic carbocycles. The lowest BCUT2D eigenvalue weighted by Crippen LogP contribution is -1.84. The summed E-state index contributed by atoms with van der Waals surface area (Å²) in [4.78, 5) is 4.12. The molecule has 1 nitrogen and oxygen atoms in total. The third-order valence-electron chi connectivity index (χ3n) is 1.68. The van der Waals surface area contributed by atoms with E-state index in [1.807, 2.05) is 13.1 Å². The van der Waals surface area contributed by atoms with Crippen molar-refractivity contribution in [2.24, 2.45) is 4.99 Å². The second-order valence-corrected chi connectivity index (χ2v) is 2.81. The molecule has 0 N–H and O–H groups in total. The Labute approximate surface area is 69.5 Å². The molecule has 0 saturated heterocycles. The van der Waals surface area contributed by atoms with Gasteiger partial charge in [-0.05, 0) is 32.8 Å². The van der Waals surface area contributed by atoms with E-state index in [4.69, 9.17) is 0 Å². The Bertz CT molecular complexity index is 197. The van der Waals surface area contributed by atoms with Crippen molar-refractivity contribution in [2.75, 3.05) is 0 Å². The predicted molar refractivity (Wildman–Crippen MR) is 52.0 cm³/mol. The van der Waals surface area contributed by atoms with E-state index >= 15 is 0 Å². The van der Waals surface area contributed by atoms with Crippen LogP contribution in [-0.2, 0) is 0 Å². The molecule has 0 saturated carbocycles. The van der Waals surface area contributed by atoms with E-state index in [1.54, 1.807) is 0 Å². The van der Waals surface area contributed by atoms with Crippen molar-refractivity contribution in [3.05, 3.63) is 23.4 Å². The highest BCUT2D eigenvalue weighted by atomic mass is 14.7. The molecule has 0 aliphatic rings. The maximum atomic E-state index is 4.12. The van der Waals surface area contributed by atoms with Crippen LogP contribution in [0.15, 0.2) is 28.4 Å². The minimum atomic E-state index is 0.855. The van der Waals surface area contributed by atoms with Gasteiger partial charge < -0.3 is 0 Å². The third-order valence-corrected chi connectivity index (χ3v) is 1.68. The molecule has 0 aromatic heterocycles. The number of hydrogen-bond acceptors (Lipinski definition) is 1. The molecule has 0 bridgehead atoms. The Balaban J connectivity index is 4.26. The van der Waals surface area contributed by atoms with Crippen LogP contribution in [0.4, 0.5) is 0 Å². The lowest BCUT2D eigenvalue weighted by atomic mass is 10.1. The van der Waals surface area contributed by atoms with Crippen molar-refractivity contribution in [1.82, 2.24) is 0 Å².